The number of thioether (sulfide) groups is 1. The van der Waals surface area contributed by atoms with Crippen molar-refractivity contribution in [2.75, 3.05) is 7.05 Å². The summed E-state index contributed by atoms with van der Waals surface area (Å²) in [6.07, 6.45) is 1.61. The third kappa shape index (κ3) is 4.35. The van der Waals surface area contributed by atoms with Gasteiger partial charge in [-0.15, -0.1) is 10.2 Å². The van der Waals surface area contributed by atoms with E-state index < -0.39 is 17.2 Å². The van der Waals surface area contributed by atoms with E-state index in [1.807, 2.05) is 66.1 Å². The molecule has 3 rings (SSSR count). The monoisotopic (exact) mass is 381 g/mol. The van der Waals surface area contributed by atoms with Gasteiger partial charge >= 0.3 is 6.03 Å². The summed E-state index contributed by atoms with van der Waals surface area (Å²) in [6.45, 7) is 2.00. The van der Waals surface area contributed by atoms with Crippen molar-refractivity contribution in [3.63, 3.8) is 0 Å². The Hall–Kier alpha value is -3.13. The number of aryl methyl sites for hydroxylation is 1. The van der Waals surface area contributed by atoms with Gasteiger partial charge in [0, 0.05) is 7.05 Å². The molecular formula is C19H19N5O2S. The molecule has 138 valence electrons. The number of rotatable bonds is 5. The zero-order valence-electron chi connectivity index (χ0n) is 14.9. The topological polar surface area (TPSA) is 88.9 Å². The molecule has 0 bridgehead atoms. The fourth-order valence-electron chi connectivity index (χ4n) is 2.55. The Bertz CT molecular complexity index is 942. The first-order valence-electron chi connectivity index (χ1n) is 8.30. The number of urea groups is 1. The number of hydrogen-bond donors (Lipinski definition) is 2. The van der Waals surface area contributed by atoms with Gasteiger partial charge in [-0.3, -0.25) is 14.7 Å². The van der Waals surface area contributed by atoms with E-state index in [-0.39, 0.29) is 0 Å². The number of nitrogens with one attached hydrogen (secondary N) is 2. The normalized spacial score (nSPS) is 11.6. The van der Waals surface area contributed by atoms with E-state index in [1.165, 1.54) is 18.8 Å². The van der Waals surface area contributed by atoms with Crippen molar-refractivity contribution in [2.45, 2.75) is 17.3 Å². The first-order chi connectivity index (χ1) is 13.1. The third-order valence-electron chi connectivity index (χ3n) is 3.92. The minimum Gasteiger partial charge on any atom is -0.341 e. The lowest BCUT2D eigenvalue weighted by Crippen LogP contribution is -2.39. The van der Waals surface area contributed by atoms with Crippen LogP contribution in [0.3, 0.4) is 0 Å². The number of imide groups is 1. The van der Waals surface area contributed by atoms with Gasteiger partial charge in [-0.2, -0.15) is 0 Å². The van der Waals surface area contributed by atoms with Gasteiger partial charge in [0.15, 0.2) is 5.16 Å². The fourth-order valence-corrected chi connectivity index (χ4v) is 3.57. The number of amides is 3. The maximum Gasteiger partial charge on any atom is 0.321 e. The Morgan fingerprint density at radius 2 is 1.78 bits per heavy atom. The lowest BCUT2D eigenvalue weighted by molar-refractivity contribution is -0.119. The standard InChI is InChI=1S/C19H19N5O2S/c1-13-8-6-7-11-15(13)24-12-21-23-19(24)27-16(14-9-4-3-5-10-14)17(25)22-18(26)20-2/h3-12,16H,1-2H3,(H2,20,22,25,26)/t16-/m1/s1. The smallest absolute Gasteiger partial charge is 0.321 e. The molecule has 0 aliphatic rings. The molecule has 3 aromatic rings. The van der Waals surface area contributed by atoms with Crippen LogP contribution in [0.5, 0.6) is 0 Å². The van der Waals surface area contributed by atoms with Crippen LogP contribution >= 0.6 is 11.8 Å². The Morgan fingerprint density at radius 3 is 2.48 bits per heavy atom. The van der Waals surface area contributed by atoms with Crippen LogP contribution < -0.4 is 10.6 Å². The number of nitrogens with zero attached hydrogens (tertiary/aromatic N) is 3. The Balaban J connectivity index is 1.94. The van der Waals surface area contributed by atoms with Crippen LogP contribution in [0.15, 0.2) is 66.1 Å². The molecule has 2 N–H and O–H groups in total. The van der Waals surface area contributed by atoms with Crippen molar-refractivity contribution in [3.05, 3.63) is 72.1 Å². The van der Waals surface area contributed by atoms with Crippen LogP contribution in [0.4, 0.5) is 4.79 Å². The number of hydrogen-bond acceptors (Lipinski definition) is 5. The van der Waals surface area contributed by atoms with Crippen LogP contribution in [-0.4, -0.2) is 33.8 Å². The van der Waals surface area contributed by atoms with Crippen molar-refractivity contribution in [2.24, 2.45) is 0 Å². The summed E-state index contributed by atoms with van der Waals surface area (Å²) in [4.78, 5) is 24.3. The number of benzene rings is 2. The van der Waals surface area contributed by atoms with E-state index >= 15 is 0 Å². The average molecular weight is 381 g/mol. The SMILES string of the molecule is CNC(=O)NC(=O)[C@H](Sc1nncn1-c1ccccc1C)c1ccccc1. The lowest BCUT2D eigenvalue weighted by atomic mass is 10.1. The second-order valence-corrected chi connectivity index (χ2v) is 6.82. The summed E-state index contributed by atoms with van der Waals surface area (Å²) in [5.41, 5.74) is 2.76. The quantitative estimate of drug-likeness (QED) is 0.664. The van der Waals surface area contributed by atoms with E-state index in [9.17, 15) is 9.59 Å². The maximum absolute atomic E-state index is 12.7. The highest BCUT2D eigenvalue weighted by molar-refractivity contribution is 8.00. The van der Waals surface area contributed by atoms with Crippen molar-refractivity contribution in [3.8, 4) is 5.69 Å². The Morgan fingerprint density at radius 1 is 1.07 bits per heavy atom. The predicted molar refractivity (Wildman–Crippen MR) is 104 cm³/mol. The first-order valence-corrected chi connectivity index (χ1v) is 9.18. The molecule has 0 aliphatic heterocycles. The fraction of sp³-hybridized carbons (Fsp3) is 0.158. The van der Waals surface area contributed by atoms with Gasteiger partial charge in [0.25, 0.3) is 0 Å². The molecule has 2 aromatic carbocycles. The zero-order chi connectivity index (χ0) is 19.2. The molecule has 0 saturated carbocycles. The summed E-state index contributed by atoms with van der Waals surface area (Å²) in [5, 5.41) is 12.8. The van der Waals surface area contributed by atoms with Crippen LogP contribution in [0.25, 0.3) is 5.69 Å². The van der Waals surface area contributed by atoms with E-state index in [4.69, 9.17) is 0 Å². The number of aromatic nitrogens is 3. The number of carbonyl (C=O) groups is 2. The largest absolute Gasteiger partial charge is 0.341 e. The third-order valence-corrected chi connectivity index (χ3v) is 5.13. The number of para-hydroxylation sites is 1. The van der Waals surface area contributed by atoms with Gasteiger partial charge in [-0.1, -0.05) is 60.3 Å². The van der Waals surface area contributed by atoms with Gasteiger partial charge in [-0.05, 0) is 24.1 Å². The van der Waals surface area contributed by atoms with Gasteiger partial charge < -0.3 is 5.32 Å². The average Bonchev–Trinajstić information content (AvgIpc) is 3.15. The minimum atomic E-state index is -0.657. The summed E-state index contributed by atoms with van der Waals surface area (Å²) >= 11 is 1.24. The molecule has 0 unspecified atom stereocenters. The highest BCUT2D eigenvalue weighted by Crippen LogP contribution is 2.35. The molecule has 0 aliphatic carbocycles. The molecular weight excluding hydrogens is 362 g/mol. The van der Waals surface area contributed by atoms with Crippen molar-refractivity contribution in [1.82, 2.24) is 25.4 Å². The zero-order valence-corrected chi connectivity index (χ0v) is 15.7. The van der Waals surface area contributed by atoms with E-state index in [1.54, 1.807) is 6.33 Å². The van der Waals surface area contributed by atoms with Crippen LogP contribution in [0.2, 0.25) is 0 Å². The first kappa shape index (κ1) is 18.7. The van der Waals surface area contributed by atoms with E-state index in [0.717, 1.165) is 16.8 Å². The Kier molecular flexibility index (Phi) is 5.87. The molecule has 0 fully saturated rings. The molecule has 1 atom stereocenters. The molecule has 7 nitrogen and oxygen atoms in total. The summed E-state index contributed by atoms with van der Waals surface area (Å²) < 4.78 is 1.84. The molecule has 8 heteroatoms. The predicted octanol–water partition coefficient (Wildman–Crippen LogP) is 2.86. The second kappa shape index (κ2) is 8.50. The van der Waals surface area contributed by atoms with Gasteiger partial charge in [-0.25, -0.2) is 4.79 Å². The minimum absolute atomic E-state index is 0.426. The lowest BCUT2D eigenvalue weighted by Gasteiger charge is -2.17. The van der Waals surface area contributed by atoms with Crippen molar-refractivity contribution in [1.29, 1.82) is 0 Å². The Labute approximate surface area is 161 Å². The summed E-state index contributed by atoms with van der Waals surface area (Å²) in [5.74, 6) is -0.426. The molecule has 1 heterocycles. The van der Waals surface area contributed by atoms with E-state index in [2.05, 4.69) is 20.8 Å². The molecule has 0 radical (unpaired) electrons. The van der Waals surface area contributed by atoms with Crippen molar-refractivity contribution >= 4 is 23.7 Å². The van der Waals surface area contributed by atoms with Gasteiger partial charge in [0.2, 0.25) is 5.91 Å². The molecule has 3 amide bonds. The van der Waals surface area contributed by atoms with Gasteiger partial charge in [0.05, 0.1) is 5.69 Å². The molecule has 0 spiro atoms. The molecule has 27 heavy (non-hydrogen) atoms. The van der Waals surface area contributed by atoms with Gasteiger partial charge in [0.1, 0.15) is 11.6 Å². The van der Waals surface area contributed by atoms with Crippen LogP contribution in [-0.2, 0) is 4.79 Å². The van der Waals surface area contributed by atoms with E-state index in [0.29, 0.717) is 5.16 Å². The number of carbonyl (C=O) groups excluding carboxylic acids is 2. The van der Waals surface area contributed by atoms with Crippen molar-refractivity contribution < 1.29 is 9.59 Å². The molecule has 0 saturated heterocycles. The van der Waals surface area contributed by atoms with Crippen LogP contribution in [0, 0.1) is 6.92 Å². The summed E-state index contributed by atoms with van der Waals surface area (Å²) in [7, 11) is 1.46. The highest BCUT2D eigenvalue weighted by atomic mass is 32.2. The molecule has 1 aromatic heterocycles. The second-order valence-electron chi connectivity index (χ2n) is 5.75. The highest BCUT2D eigenvalue weighted by Gasteiger charge is 2.26. The maximum atomic E-state index is 12.7. The van der Waals surface area contributed by atoms with Crippen LogP contribution in [0.1, 0.15) is 16.4 Å². The summed E-state index contributed by atoms with van der Waals surface area (Å²) in [6, 6.07) is 16.6.